The van der Waals surface area contributed by atoms with Gasteiger partial charge in [-0.05, 0) is 27.7 Å². The summed E-state index contributed by atoms with van der Waals surface area (Å²) in [6.45, 7) is 7.36. The van der Waals surface area contributed by atoms with Crippen molar-refractivity contribution >= 4 is 23.4 Å². The number of fused-ring (bicyclic) bond motifs is 1. The van der Waals surface area contributed by atoms with Crippen LogP contribution in [0.4, 0.5) is 0 Å². The molecule has 128 valence electrons. The standard InChI is InChI=1S/C15H25N5O3/c1-9(17-12(22)14(2,3)16)11(21)20-7-6-10-15(4,8-20)13(23)19(5)18-10/h9H,6-8,16H2,1-5H3,(H,17,22). The lowest BCUT2D eigenvalue weighted by Crippen LogP contribution is -2.59. The third-order valence-corrected chi connectivity index (χ3v) is 4.41. The molecule has 8 nitrogen and oxygen atoms in total. The number of piperidine rings is 1. The van der Waals surface area contributed by atoms with Crippen molar-refractivity contribution in [2.75, 3.05) is 20.1 Å². The molecule has 0 radical (unpaired) electrons. The lowest BCUT2D eigenvalue weighted by Gasteiger charge is -2.38. The Bertz CT molecular complexity index is 580. The number of hydrazone groups is 1. The van der Waals surface area contributed by atoms with Crippen molar-refractivity contribution in [3.63, 3.8) is 0 Å². The van der Waals surface area contributed by atoms with Crippen molar-refractivity contribution in [1.29, 1.82) is 0 Å². The summed E-state index contributed by atoms with van der Waals surface area (Å²) in [5.41, 5.74) is 4.73. The molecule has 0 aromatic carbocycles. The van der Waals surface area contributed by atoms with E-state index in [2.05, 4.69) is 10.4 Å². The summed E-state index contributed by atoms with van der Waals surface area (Å²) in [6, 6.07) is -0.693. The number of nitrogens with one attached hydrogen (secondary N) is 1. The third kappa shape index (κ3) is 3.08. The zero-order valence-corrected chi connectivity index (χ0v) is 14.3. The third-order valence-electron chi connectivity index (χ3n) is 4.41. The molecule has 0 aromatic rings. The van der Waals surface area contributed by atoms with Gasteiger partial charge in [0.1, 0.15) is 11.5 Å². The zero-order valence-electron chi connectivity index (χ0n) is 14.3. The molecule has 0 aliphatic carbocycles. The van der Waals surface area contributed by atoms with Crippen LogP contribution in [0.15, 0.2) is 5.10 Å². The zero-order chi connectivity index (χ0) is 17.6. The summed E-state index contributed by atoms with van der Waals surface area (Å²) in [7, 11) is 1.62. The Morgan fingerprint density at radius 2 is 2.04 bits per heavy atom. The number of nitrogens with zero attached hydrogens (tertiary/aromatic N) is 3. The molecule has 3 N–H and O–H groups in total. The molecule has 2 heterocycles. The van der Waals surface area contributed by atoms with Gasteiger partial charge in [-0.2, -0.15) is 5.10 Å². The fourth-order valence-corrected chi connectivity index (χ4v) is 2.91. The van der Waals surface area contributed by atoms with E-state index in [1.165, 1.54) is 5.01 Å². The summed E-state index contributed by atoms with van der Waals surface area (Å²) in [6.07, 6.45) is 0.557. The minimum Gasteiger partial charge on any atom is -0.343 e. The molecule has 0 aromatic heterocycles. The number of hydrogen-bond donors (Lipinski definition) is 2. The van der Waals surface area contributed by atoms with Gasteiger partial charge in [0.15, 0.2) is 0 Å². The number of hydrogen-bond acceptors (Lipinski definition) is 5. The maximum atomic E-state index is 12.6. The molecular formula is C15H25N5O3. The second-order valence-corrected chi connectivity index (χ2v) is 7.13. The lowest BCUT2D eigenvalue weighted by atomic mass is 9.80. The highest BCUT2D eigenvalue weighted by Crippen LogP contribution is 2.34. The van der Waals surface area contributed by atoms with Crippen molar-refractivity contribution in [2.24, 2.45) is 16.3 Å². The monoisotopic (exact) mass is 323 g/mol. The first-order valence-electron chi connectivity index (χ1n) is 7.71. The van der Waals surface area contributed by atoms with E-state index in [1.54, 1.807) is 32.7 Å². The fourth-order valence-electron chi connectivity index (χ4n) is 2.91. The number of rotatable bonds is 3. The van der Waals surface area contributed by atoms with Gasteiger partial charge in [-0.25, -0.2) is 5.01 Å². The van der Waals surface area contributed by atoms with Crippen LogP contribution in [0.3, 0.4) is 0 Å². The second kappa shape index (κ2) is 5.59. The van der Waals surface area contributed by atoms with Crippen LogP contribution in [0.25, 0.3) is 0 Å². The average Bonchev–Trinajstić information content (AvgIpc) is 2.67. The number of carbonyl (C=O) groups excluding carboxylic acids is 3. The van der Waals surface area contributed by atoms with Gasteiger partial charge >= 0.3 is 0 Å². The summed E-state index contributed by atoms with van der Waals surface area (Å²) in [4.78, 5) is 38.4. The number of likely N-dealkylation sites (tertiary alicyclic amines) is 1. The van der Waals surface area contributed by atoms with E-state index in [4.69, 9.17) is 5.73 Å². The molecule has 2 rings (SSSR count). The first-order valence-corrected chi connectivity index (χ1v) is 7.71. The fraction of sp³-hybridized carbons (Fsp3) is 0.733. The molecule has 1 saturated heterocycles. The van der Waals surface area contributed by atoms with Crippen molar-refractivity contribution in [1.82, 2.24) is 15.2 Å². The molecule has 2 aliphatic heterocycles. The molecule has 23 heavy (non-hydrogen) atoms. The predicted molar refractivity (Wildman–Crippen MR) is 85.4 cm³/mol. The molecule has 0 bridgehead atoms. The van der Waals surface area contributed by atoms with E-state index in [1.807, 2.05) is 6.92 Å². The SMILES string of the molecule is CC(NC(=O)C(C)(C)N)C(=O)N1CCC2=NN(C)C(=O)C2(C)C1. The van der Waals surface area contributed by atoms with Crippen LogP contribution in [-0.4, -0.2) is 65.1 Å². The average molecular weight is 323 g/mol. The molecule has 3 amide bonds. The number of carbonyl (C=O) groups is 3. The van der Waals surface area contributed by atoms with Gasteiger partial charge in [0, 0.05) is 26.6 Å². The first kappa shape index (κ1) is 17.4. The number of amides is 3. The van der Waals surface area contributed by atoms with E-state index >= 15 is 0 Å². The number of nitrogens with two attached hydrogens (primary N) is 1. The normalized spacial score (nSPS) is 25.8. The predicted octanol–water partition coefficient (Wildman–Crippen LogP) is -0.705. The minimum absolute atomic E-state index is 0.107. The molecule has 0 saturated carbocycles. The highest BCUT2D eigenvalue weighted by molar-refractivity contribution is 6.13. The molecule has 2 atom stereocenters. The Hall–Kier alpha value is -1.96. The van der Waals surface area contributed by atoms with Gasteiger partial charge in [-0.15, -0.1) is 0 Å². The van der Waals surface area contributed by atoms with Gasteiger partial charge < -0.3 is 16.0 Å². The van der Waals surface area contributed by atoms with E-state index in [9.17, 15) is 14.4 Å². The Morgan fingerprint density at radius 3 is 2.61 bits per heavy atom. The van der Waals surface area contributed by atoms with Gasteiger partial charge in [0.05, 0.1) is 11.3 Å². The van der Waals surface area contributed by atoms with Gasteiger partial charge in [-0.3, -0.25) is 14.4 Å². The van der Waals surface area contributed by atoms with Crippen molar-refractivity contribution in [3.8, 4) is 0 Å². The van der Waals surface area contributed by atoms with Crippen LogP contribution in [-0.2, 0) is 14.4 Å². The van der Waals surface area contributed by atoms with Gasteiger partial charge in [0.2, 0.25) is 11.8 Å². The quantitative estimate of drug-likeness (QED) is 0.715. The second-order valence-electron chi connectivity index (χ2n) is 7.13. The lowest BCUT2D eigenvalue weighted by molar-refractivity contribution is -0.141. The Labute approximate surface area is 136 Å². The van der Waals surface area contributed by atoms with E-state index < -0.39 is 17.0 Å². The molecule has 0 spiro atoms. The topological polar surface area (TPSA) is 108 Å². The van der Waals surface area contributed by atoms with Crippen molar-refractivity contribution in [2.45, 2.75) is 45.7 Å². The Balaban J connectivity index is 2.06. The van der Waals surface area contributed by atoms with Crippen LogP contribution in [0.5, 0.6) is 0 Å². The smallest absolute Gasteiger partial charge is 0.255 e. The van der Waals surface area contributed by atoms with Gasteiger partial charge in [-0.1, -0.05) is 0 Å². The van der Waals surface area contributed by atoms with Crippen LogP contribution in [0.2, 0.25) is 0 Å². The minimum atomic E-state index is -1.05. The maximum Gasteiger partial charge on any atom is 0.255 e. The van der Waals surface area contributed by atoms with Gasteiger partial charge in [0.25, 0.3) is 5.91 Å². The summed E-state index contributed by atoms with van der Waals surface area (Å²) in [5, 5.41) is 8.23. The Kier molecular flexibility index (Phi) is 4.23. The van der Waals surface area contributed by atoms with E-state index in [0.29, 0.717) is 13.0 Å². The molecule has 2 aliphatic rings. The maximum absolute atomic E-state index is 12.6. The van der Waals surface area contributed by atoms with Crippen LogP contribution >= 0.6 is 0 Å². The largest absolute Gasteiger partial charge is 0.343 e. The summed E-state index contributed by atoms with van der Waals surface area (Å²) in [5.74, 6) is -0.712. The highest BCUT2D eigenvalue weighted by Gasteiger charge is 2.50. The first-order chi connectivity index (χ1) is 10.5. The van der Waals surface area contributed by atoms with Crippen LogP contribution in [0.1, 0.15) is 34.1 Å². The Morgan fingerprint density at radius 1 is 1.43 bits per heavy atom. The molecule has 2 unspecified atom stereocenters. The molecular weight excluding hydrogens is 298 g/mol. The van der Waals surface area contributed by atoms with Crippen molar-refractivity contribution in [3.05, 3.63) is 0 Å². The van der Waals surface area contributed by atoms with E-state index in [0.717, 1.165) is 5.71 Å². The highest BCUT2D eigenvalue weighted by atomic mass is 16.2. The van der Waals surface area contributed by atoms with Crippen molar-refractivity contribution < 1.29 is 14.4 Å². The molecule has 8 heteroatoms. The summed E-state index contributed by atoms with van der Waals surface area (Å²) >= 11 is 0. The molecule has 1 fully saturated rings. The van der Waals surface area contributed by atoms with E-state index in [-0.39, 0.29) is 24.3 Å². The summed E-state index contributed by atoms with van der Waals surface area (Å²) < 4.78 is 0. The van der Waals surface area contributed by atoms with Crippen LogP contribution < -0.4 is 11.1 Å². The van der Waals surface area contributed by atoms with Crippen LogP contribution in [0, 0.1) is 5.41 Å².